The molecule has 2 nitrogen and oxygen atoms in total. The van der Waals surface area contributed by atoms with Gasteiger partial charge in [-0.15, -0.1) is 0 Å². The molecule has 2 atom stereocenters. The summed E-state index contributed by atoms with van der Waals surface area (Å²) in [6, 6.07) is 0.404. The molecule has 0 aromatic rings. The van der Waals surface area contributed by atoms with Gasteiger partial charge in [-0.05, 0) is 25.7 Å². The summed E-state index contributed by atoms with van der Waals surface area (Å²) in [7, 11) is 0. The largest absolute Gasteiger partial charge is 0.378 e. The minimum atomic E-state index is 0.404. The Balaban J connectivity index is 2.06. The third kappa shape index (κ3) is 2.27. The smallest absolute Gasteiger partial charge is 0.0590 e. The fraction of sp³-hybridized carbons (Fsp3) is 1.00. The molecule has 2 N–H and O–H groups in total. The number of hydrogen-bond acceptors (Lipinski definition) is 2. The molecule has 0 bridgehead atoms. The molecule has 2 unspecified atom stereocenters. The van der Waals surface area contributed by atoms with Gasteiger partial charge in [-0.2, -0.15) is 0 Å². The highest BCUT2D eigenvalue weighted by Gasteiger charge is 2.21. The van der Waals surface area contributed by atoms with Crippen molar-refractivity contribution >= 4 is 0 Å². The van der Waals surface area contributed by atoms with E-state index in [2.05, 4.69) is 6.92 Å². The molecule has 0 spiro atoms. The first-order valence-corrected chi connectivity index (χ1v) is 4.20. The standard InChI is InChI=1S/C8H17NO/c1-2-5-10-8-4-3-7(9)6-8/h7-8H,2-6,9H2,1H3. The van der Waals surface area contributed by atoms with Gasteiger partial charge in [-0.1, -0.05) is 6.92 Å². The van der Waals surface area contributed by atoms with Crippen LogP contribution in [0.1, 0.15) is 32.6 Å². The van der Waals surface area contributed by atoms with Gasteiger partial charge in [0.2, 0.25) is 0 Å². The van der Waals surface area contributed by atoms with Crippen molar-refractivity contribution in [3.05, 3.63) is 0 Å². The van der Waals surface area contributed by atoms with Crippen LogP contribution in [0.3, 0.4) is 0 Å². The monoisotopic (exact) mass is 143 g/mol. The van der Waals surface area contributed by atoms with Gasteiger partial charge in [0.05, 0.1) is 6.10 Å². The van der Waals surface area contributed by atoms with Crippen molar-refractivity contribution in [2.24, 2.45) is 5.73 Å². The first kappa shape index (κ1) is 8.02. The molecule has 10 heavy (non-hydrogen) atoms. The second-order valence-electron chi connectivity index (χ2n) is 3.07. The molecule has 0 aromatic heterocycles. The molecular formula is C8H17NO. The topological polar surface area (TPSA) is 35.2 Å². The SMILES string of the molecule is CCCOC1CCC(N)C1. The van der Waals surface area contributed by atoms with E-state index >= 15 is 0 Å². The maximum atomic E-state index is 5.72. The van der Waals surface area contributed by atoms with Gasteiger partial charge >= 0.3 is 0 Å². The number of rotatable bonds is 3. The van der Waals surface area contributed by atoms with Crippen LogP contribution >= 0.6 is 0 Å². The summed E-state index contributed by atoms with van der Waals surface area (Å²) >= 11 is 0. The Morgan fingerprint density at radius 2 is 2.30 bits per heavy atom. The molecule has 1 saturated carbocycles. The van der Waals surface area contributed by atoms with Crippen LogP contribution in [0.5, 0.6) is 0 Å². The van der Waals surface area contributed by atoms with Gasteiger partial charge < -0.3 is 10.5 Å². The van der Waals surface area contributed by atoms with Gasteiger partial charge in [0.1, 0.15) is 0 Å². The molecule has 0 radical (unpaired) electrons. The van der Waals surface area contributed by atoms with Crippen LogP contribution in [0, 0.1) is 0 Å². The second-order valence-corrected chi connectivity index (χ2v) is 3.07. The first-order chi connectivity index (χ1) is 4.83. The Morgan fingerprint density at radius 1 is 1.50 bits per heavy atom. The molecule has 1 fully saturated rings. The predicted molar refractivity (Wildman–Crippen MR) is 41.9 cm³/mol. The molecule has 0 amide bonds. The van der Waals surface area contributed by atoms with Crippen LogP contribution in [0.25, 0.3) is 0 Å². The van der Waals surface area contributed by atoms with Crippen molar-refractivity contribution in [1.82, 2.24) is 0 Å². The lowest BCUT2D eigenvalue weighted by molar-refractivity contribution is 0.0580. The number of nitrogens with two attached hydrogens (primary N) is 1. The van der Waals surface area contributed by atoms with Crippen LogP contribution in [-0.2, 0) is 4.74 Å². The minimum Gasteiger partial charge on any atom is -0.378 e. The molecule has 0 saturated heterocycles. The molecule has 1 aliphatic carbocycles. The predicted octanol–water partition coefficient (Wildman–Crippen LogP) is 1.29. The third-order valence-electron chi connectivity index (χ3n) is 1.98. The van der Waals surface area contributed by atoms with Gasteiger partial charge in [0.25, 0.3) is 0 Å². The van der Waals surface area contributed by atoms with Crippen LogP contribution in [0.15, 0.2) is 0 Å². The molecule has 0 heterocycles. The zero-order valence-electron chi connectivity index (χ0n) is 6.68. The maximum Gasteiger partial charge on any atom is 0.0590 e. The van der Waals surface area contributed by atoms with Crippen LogP contribution in [-0.4, -0.2) is 18.8 Å². The Morgan fingerprint density at radius 3 is 2.80 bits per heavy atom. The summed E-state index contributed by atoms with van der Waals surface area (Å²) in [4.78, 5) is 0. The van der Waals surface area contributed by atoms with Crippen molar-refractivity contribution in [2.75, 3.05) is 6.61 Å². The van der Waals surface area contributed by atoms with E-state index in [0.717, 1.165) is 25.9 Å². The molecule has 60 valence electrons. The highest BCUT2D eigenvalue weighted by atomic mass is 16.5. The first-order valence-electron chi connectivity index (χ1n) is 4.20. The highest BCUT2D eigenvalue weighted by Crippen LogP contribution is 2.20. The van der Waals surface area contributed by atoms with Gasteiger partial charge in [-0.25, -0.2) is 0 Å². The van der Waals surface area contributed by atoms with Gasteiger partial charge in [-0.3, -0.25) is 0 Å². The van der Waals surface area contributed by atoms with E-state index in [1.807, 2.05) is 0 Å². The molecule has 1 aliphatic rings. The quantitative estimate of drug-likeness (QED) is 0.646. The van der Waals surface area contributed by atoms with Crippen molar-refractivity contribution < 1.29 is 4.74 Å². The zero-order valence-corrected chi connectivity index (χ0v) is 6.68. The fourth-order valence-electron chi connectivity index (χ4n) is 1.41. The average molecular weight is 143 g/mol. The number of ether oxygens (including phenoxy) is 1. The summed E-state index contributed by atoms with van der Waals surface area (Å²) in [6.07, 6.45) is 4.97. The lowest BCUT2D eigenvalue weighted by Gasteiger charge is -2.09. The van der Waals surface area contributed by atoms with E-state index in [4.69, 9.17) is 10.5 Å². The van der Waals surface area contributed by atoms with E-state index in [1.54, 1.807) is 0 Å². The molecule has 2 heteroatoms. The summed E-state index contributed by atoms with van der Waals surface area (Å²) in [5, 5.41) is 0. The lowest BCUT2D eigenvalue weighted by atomic mass is 10.3. The minimum absolute atomic E-state index is 0.404. The highest BCUT2D eigenvalue weighted by molar-refractivity contribution is 4.77. The Hall–Kier alpha value is -0.0800. The van der Waals surface area contributed by atoms with Crippen LogP contribution in [0.2, 0.25) is 0 Å². The maximum absolute atomic E-state index is 5.72. The normalized spacial score (nSPS) is 33.0. The van der Waals surface area contributed by atoms with Crippen LogP contribution < -0.4 is 5.73 Å². The van der Waals surface area contributed by atoms with Crippen molar-refractivity contribution in [1.29, 1.82) is 0 Å². The van der Waals surface area contributed by atoms with Gasteiger partial charge in [0.15, 0.2) is 0 Å². The van der Waals surface area contributed by atoms with E-state index in [0.29, 0.717) is 12.1 Å². The lowest BCUT2D eigenvalue weighted by Crippen LogP contribution is -2.17. The molecular weight excluding hydrogens is 126 g/mol. The number of hydrogen-bond donors (Lipinski definition) is 1. The fourth-order valence-corrected chi connectivity index (χ4v) is 1.41. The van der Waals surface area contributed by atoms with E-state index in [9.17, 15) is 0 Å². The van der Waals surface area contributed by atoms with E-state index < -0.39 is 0 Å². The Bertz CT molecular complexity index is 95.3. The molecule has 0 aliphatic heterocycles. The van der Waals surface area contributed by atoms with Crippen molar-refractivity contribution in [3.63, 3.8) is 0 Å². The zero-order chi connectivity index (χ0) is 7.40. The summed E-state index contributed by atoms with van der Waals surface area (Å²) in [6.45, 7) is 3.03. The summed E-state index contributed by atoms with van der Waals surface area (Å²) in [5.74, 6) is 0. The second kappa shape index (κ2) is 3.94. The Kier molecular flexibility index (Phi) is 3.16. The Labute approximate surface area is 62.7 Å². The van der Waals surface area contributed by atoms with Gasteiger partial charge in [0, 0.05) is 12.6 Å². The van der Waals surface area contributed by atoms with E-state index in [1.165, 1.54) is 6.42 Å². The van der Waals surface area contributed by atoms with E-state index in [-0.39, 0.29) is 0 Å². The molecule has 1 rings (SSSR count). The molecule has 0 aromatic carbocycles. The summed E-state index contributed by atoms with van der Waals surface area (Å²) in [5.41, 5.74) is 5.72. The summed E-state index contributed by atoms with van der Waals surface area (Å²) < 4.78 is 5.54. The van der Waals surface area contributed by atoms with Crippen molar-refractivity contribution in [2.45, 2.75) is 44.8 Å². The average Bonchev–Trinajstić information content (AvgIpc) is 2.31. The van der Waals surface area contributed by atoms with Crippen LogP contribution in [0.4, 0.5) is 0 Å². The third-order valence-corrected chi connectivity index (χ3v) is 1.98. The van der Waals surface area contributed by atoms with Crippen molar-refractivity contribution in [3.8, 4) is 0 Å².